The van der Waals surface area contributed by atoms with Gasteiger partial charge < -0.3 is 23.2 Å². The van der Waals surface area contributed by atoms with E-state index in [4.69, 9.17) is 23.2 Å². The Kier molecular flexibility index (Phi) is 5.29. The average Bonchev–Trinajstić information content (AvgIpc) is 3.43. The Balaban J connectivity index is 1.57. The number of halogens is 1. The molecule has 0 unspecified atom stereocenters. The van der Waals surface area contributed by atoms with Gasteiger partial charge in [0.1, 0.15) is 12.2 Å². The number of methoxy groups -OCH3 is 3. The van der Waals surface area contributed by atoms with Crippen LogP contribution in [-0.2, 0) is 6.42 Å². The summed E-state index contributed by atoms with van der Waals surface area (Å²) in [7, 11) is 4.57. The molecule has 0 N–H and O–H groups in total. The Morgan fingerprint density at radius 1 is 0.900 bits per heavy atom. The maximum absolute atomic E-state index is 13.4. The van der Waals surface area contributed by atoms with Crippen molar-refractivity contribution in [1.29, 1.82) is 0 Å². The van der Waals surface area contributed by atoms with Gasteiger partial charge in [-0.25, -0.2) is 4.39 Å². The molecular weight excluding hydrogens is 395 g/mol. The largest absolute Gasteiger partial charge is 0.493 e. The van der Waals surface area contributed by atoms with Crippen LogP contribution in [0.1, 0.15) is 11.8 Å². The van der Waals surface area contributed by atoms with Crippen molar-refractivity contribution in [3.05, 3.63) is 54.0 Å². The fourth-order valence-electron chi connectivity index (χ4n) is 2.85. The van der Waals surface area contributed by atoms with Crippen LogP contribution in [0.5, 0.6) is 17.2 Å². The van der Waals surface area contributed by atoms with E-state index in [2.05, 4.69) is 20.3 Å². The Morgan fingerprint density at radius 2 is 1.67 bits per heavy atom. The van der Waals surface area contributed by atoms with Gasteiger partial charge in [0.2, 0.25) is 29.2 Å². The quantitative estimate of drug-likeness (QED) is 0.450. The highest BCUT2D eigenvalue weighted by Crippen LogP contribution is 2.40. The minimum absolute atomic E-state index is 0.125. The molecule has 4 rings (SSSR count). The third-order valence-electron chi connectivity index (χ3n) is 4.23. The molecule has 0 bridgehead atoms. The van der Waals surface area contributed by atoms with Crippen LogP contribution >= 0.6 is 0 Å². The van der Waals surface area contributed by atoms with Gasteiger partial charge in [0.15, 0.2) is 11.5 Å². The summed E-state index contributed by atoms with van der Waals surface area (Å²) in [4.78, 5) is 4.36. The molecule has 2 heterocycles. The lowest BCUT2D eigenvalue weighted by Gasteiger charge is -2.12. The molecule has 0 aliphatic rings. The van der Waals surface area contributed by atoms with E-state index in [-0.39, 0.29) is 29.9 Å². The molecule has 2 aromatic heterocycles. The van der Waals surface area contributed by atoms with Crippen molar-refractivity contribution in [1.82, 2.24) is 20.3 Å². The summed E-state index contributed by atoms with van der Waals surface area (Å²) in [6.07, 6.45) is 0.125. The van der Waals surface area contributed by atoms with E-state index in [1.165, 1.54) is 33.5 Å². The predicted molar refractivity (Wildman–Crippen MR) is 102 cm³/mol. The van der Waals surface area contributed by atoms with Crippen LogP contribution in [0.15, 0.2) is 45.3 Å². The van der Waals surface area contributed by atoms with Gasteiger partial charge in [-0.1, -0.05) is 11.2 Å². The van der Waals surface area contributed by atoms with Gasteiger partial charge in [0.25, 0.3) is 0 Å². The van der Waals surface area contributed by atoms with E-state index >= 15 is 0 Å². The third-order valence-corrected chi connectivity index (χ3v) is 4.23. The van der Waals surface area contributed by atoms with E-state index in [9.17, 15) is 4.39 Å². The number of benzene rings is 2. The summed E-state index contributed by atoms with van der Waals surface area (Å²) >= 11 is 0. The molecule has 0 radical (unpaired) electrons. The summed E-state index contributed by atoms with van der Waals surface area (Å²) in [5.74, 6) is 2.07. The fraction of sp³-hybridized carbons (Fsp3) is 0.200. The van der Waals surface area contributed by atoms with Gasteiger partial charge in [0, 0.05) is 11.1 Å². The van der Waals surface area contributed by atoms with Gasteiger partial charge in [-0.15, -0.1) is 10.2 Å². The molecule has 154 valence electrons. The number of rotatable bonds is 7. The Morgan fingerprint density at radius 3 is 2.33 bits per heavy atom. The number of ether oxygens (including phenoxy) is 3. The molecule has 0 fully saturated rings. The van der Waals surface area contributed by atoms with E-state index in [0.29, 0.717) is 34.2 Å². The minimum atomic E-state index is -0.390. The number of hydrogen-bond donors (Lipinski definition) is 0. The lowest BCUT2D eigenvalue weighted by Crippen LogP contribution is -1.96. The smallest absolute Gasteiger partial charge is 0.247 e. The molecule has 0 aliphatic carbocycles. The molecule has 0 saturated carbocycles. The molecule has 0 amide bonds. The normalized spacial score (nSPS) is 10.8. The van der Waals surface area contributed by atoms with E-state index in [0.717, 1.165) is 0 Å². The van der Waals surface area contributed by atoms with Crippen LogP contribution in [0.3, 0.4) is 0 Å². The monoisotopic (exact) mass is 412 g/mol. The van der Waals surface area contributed by atoms with Gasteiger partial charge in [-0.2, -0.15) is 4.98 Å². The fourth-order valence-corrected chi connectivity index (χ4v) is 2.85. The zero-order valence-electron chi connectivity index (χ0n) is 16.4. The second kappa shape index (κ2) is 8.19. The van der Waals surface area contributed by atoms with Crippen molar-refractivity contribution in [2.75, 3.05) is 21.3 Å². The first-order valence-electron chi connectivity index (χ1n) is 8.82. The van der Waals surface area contributed by atoms with E-state index in [1.807, 2.05) is 0 Å². The first-order valence-corrected chi connectivity index (χ1v) is 8.82. The van der Waals surface area contributed by atoms with Gasteiger partial charge in [-0.3, -0.25) is 0 Å². The minimum Gasteiger partial charge on any atom is -0.493 e. The molecular formula is C20H17FN4O5. The second-order valence-corrected chi connectivity index (χ2v) is 6.11. The highest BCUT2D eigenvalue weighted by Gasteiger charge is 2.19. The number of hydrogen-bond acceptors (Lipinski definition) is 9. The van der Waals surface area contributed by atoms with Crippen molar-refractivity contribution in [3.63, 3.8) is 0 Å². The molecule has 0 spiro atoms. The second-order valence-electron chi connectivity index (χ2n) is 6.11. The Labute approximate surface area is 170 Å². The zero-order valence-corrected chi connectivity index (χ0v) is 16.4. The van der Waals surface area contributed by atoms with Crippen LogP contribution in [0, 0.1) is 5.82 Å². The molecule has 0 atom stereocenters. The predicted octanol–water partition coefficient (Wildman–Crippen LogP) is 3.54. The molecule has 0 saturated heterocycles. The van der Waals surface area contributed by atoms with Gasteiger partial charge in [-0.05, 0) is 30.3 Å². The third kappa shape index (κ3) is 3.79. The molecule has 10 heteroatoms. The van der Waals surface area contributed by atoms with Gasteiger partial charge in [0.05, 0.1) is 21.3 Å². The highest BCUT2D eigenvalue weighted by atomic mass is 19.1. The van der Waals surface area contributed by atoms with E-state index in [1.54, 1.807) is 24.3 Å². The summed E-state index contributed by atoms with van der Waals surface area (Å²) in [5.41, 5.74) is 1.10. The van der Waals surface area contributed by atoms with Crippen molar-refractivity contribution >= 4 is 0 Å². The molecule has 4 aromatic rings. The van der Waals surface area contributed by atoms with Crippen LogP contribution < -0.4 is 14.2 Å². The molecule has 30 heavy (non-hydrogen) atoms. The standard InChI is InChI=1S/C20H17FN4O5/c1-26-14-8-12(9-15(27-2)18(14)28-3)19-22-16(30-25-19)10-17-23-24-20(29-17)11-5-4-6-13(21)7-11/h4-9H,10H2,1-3H3. The zero-order chi connectivity index (χ0) is 21.1. The molecule has 0 aliphatic heterocycles. The number of aromatic nitrogens is 4. The molecule has 2 aromatic carbocycles. The lowest BCUT2D eigenvalue weighted by atomic mass is 10.1. The molecule has 9 nitrogen and oxygen atoms in total. The number of nitrogens with zero attached hydrogens (tertiary/aromatic N) is 4. The first-order chi connectivity index (χ1) is 14.6. The van der Waals surface area contributed by atoms with E-state index < -0.39 is 0 Å². The van der Waals surface area contributed by atoms with Crippen LogP contribution in [0.4, 0.5) is 4.39 Å². The van der Waals surface area contributed by atoms with Crippen molar-refractivity contribution in [2.24, 2.45) is 0 Å². The lowest BCUT2D eigenvalue weighted by molar-refractivity contribution is 0.324. The van der Waals surface area contributed by atoms with Crippen molar-refractivity contribution in [2.45, 2.75) is 6.42 Å². The Hall–Kier alpha value is -3.95. The summed E-state index contributed by atoms with van der Waals surface area (Å²) in [5, 5.41) is 11.9. The maximum atomic E-state index is 13.4. The average molecular weight is 412 g/mol. The van der Waals surface area contributed by atoms with Crippen molar-refractivity contribution in [3.8, 4) is 40.1 Å². The highest BCUT2D eigenvalue weighted by molar-refractivity contribution is 5.66. The summed E-state index contributed by atoms with van der Waals surface area (Å²) < 4.78 is 40.3. The van der Waals surface area contributed by atoms with Crippen LogP contribution in [0.2, 0.25) is 0 Å². The first kappa shape index (κ1) is 19.4. The van der Waals surface area contributed by atoms with Crippen molar-refractivity contribution < 1.29 is 27.5 Å². The van der Waals surface area contributed by atoms with Crippen LogP contribution in [0.25, 0.3) is 22.8 Å². The van der Waals surface area contributed by atoms with Gasteiger partial charge >= 0.3 is 0 Å². The topological polar surface area (TPSA) is 106 Å². The summed E-state index contributed by atoms with van der Waals surface area (Å²) in [6.45, 7) is 0. The SMILES string of the molecule is COc1cc(-c2noc(Cc3nnc(-c4cccc(F)c4)o3)n2)cc(OC)c1OC. The summed E-state index contributed by atoms with van der Waals surface area (Å²) in [6, 6.07) is 9.32. The maximum Gasteiger partial charge on any atom is 0.247 e. The van der Waals surface area contributed by atoms with Crippen LogP contribution in [-0.4, -0.2) is 41.7 Å². The Bertz CT molecular complexity index is 1150.